The van der Waals surface area contributed by atoms with Crippen molar-refractivity contribution in [1.29, 1.82) is 0 Å². The normalized spacial score (nSPS) is 33.4. The van der Waals surface area contributed by atoms with E-state index in [0.717, 1.165) is 25.1 Å². The summed E-state index contributed by atoms with van der Waals surface area (Å²) in [4.78, 5) is 11.2. The topological polar surface area (TPSA) is 42.9 Å². The molecular formula is C21H35N5S. The van der Waals surface area contributed by atoms with Crippen LogP contribution in [0, 0.1) is 5.92 Å². The third-order valence-electron chi connectivity index (χ3n) is 6.58. The Morgan fingerprint density at radius 3 is 2.89 bits per heavy atom. The van der Waals surface area contributed by atoms with Crippen LogP contribution in [0.5, 0.6) is 0 Å². The van der Waals surface area contributed by atoms with E-state index in [2.05, 4.69) is 56.9 Å². The fourth-order valence-corrected chi connectivity index (χ4v) is 6.06. The molecule has 1 saturated carbocycles. The van der Waals surface area contributed by atoms with E-state index in [1.807, 2.05) is 18.4 Å². The maximum absolute atomic E-state index is 4.52. The second kappa shape index (κ2) is 8.50. The first kappa shape index (κ1) is 19.2. The van der Waals surface area contributed by atoms with Crippen molar-refractivity contribution in [2.45, 2.75) is 63.2 Å². The maximum Gasteiger partial charge on any atom is 0.191 e. The van der Waals surface area contributed by atoms with Crippen LogP contribution in [0.2, 0.25) is 0 Å². The second-order valence-electron chi connectivity index (χ2n) is 8.65. The van der Waals surface area contributed by atoms with E-state index >= 15 is 0 Å². The van der Waals surface area contributed by atoms with Gasteiger partial charge in [0.25, 0.3) is 0 Å². The molecule has 3 aliphatic rings. The van der Waals surface area contributed by atoms with Crippen LogP contribution in [-0.2, 0) is 0 Å². The number of piperidine rings is 1. The number of nitrogens with zero attached hydrogens (tertiary/aromatic N) is 3. The Morgan fingerprint density at radius 2 is 2.19 bits per heavy atom. The van der Waals surface area contributed by atoms with Gasteiger partial charge in [-0.25, -0.2) is 0 Å². The molecule has 150 valence electrons. The molecular weight excluding hydrogens is 354 g/mol. The minimum Gasteiger partial charge on any atom is -0.356 e. The summed E-state index contributed by atoms with van der Waals surface area (Å²) in [5, 5.41) is 9.55. The number of nitrogens with one attached hydrogen (secondary N) is 2. The molecule has 0 bridgehead atoms. The zero-order chi connectivity index (χ0) is 18.8. The Labute approximate surface area is 168 Å². The molecule has 4 rings (SSSR count). The van der Waals surface area contributed by atoms with Crippen molar-refractivity contribution in [3.8, 4) is 0 Å². The summed E-state index contributed by atoms with van der Waals surface area (Å²) in [5.74, 6) is 1.61. The minimum absolute atomic E-state index is 0.522. The summed E-state index contributed by atoms with van der Waals surface area (Å²) in [7, 11) is 4.17. The summed E-state index contributed by atoms with van der Waals surface area (Å²) >= 11 is 1.89. The van der Waals surface area contributed by atoms with Gasteiger partial charge in [0, 0.05) is 49.2 Å². The van der Waals surface area contributed by atoms with Crippen molar-refractivity contribution in [2.75, 3.05) is 33.7 Å². The number of guanidine groups is 1. The zero-order valence-corrected chi connectivity index (χ0v) is 17.8. The second-order valence-corrected chi connectivity index (χ2v) is 9.63. The summed E-state index contributed by atoms with van der Waals surface area (Å²) < 4.78 is 0. The van der Waals surface area contributed by atoms with Crippen LogP contribution in [0.1, 0.15) is 49.9 Å². The molecule has 0 radical (unpaired) electrons. The van der Waals surface area contributed by atoms with Crippen LogP contribution in [0.15, 0.2) is 22.5 Å². The molecule has 1 aromatic heterocycles. The van der Waals surface area contributed by atoms with Crippen molar-refractivity contribution in [2.24, 2.45) is 10.9 Å². The van der Waals surface area contributed by atoms with Gasteiger partial charge in [-0.15, -0.1) is 11.3 Å². The number of thiophene rings is 1. The van der Waals surface area contributed by atoms with Gasteiger partial charge in [0.2, 0.25) is 0 Å². The number of aliphatic imine (C=N–C) groups is 1. The smallest absolute Gasteiger partial charge is 0.191 e. The lowest BCUT2D eigenvalue weighted by Gasteiger charge is -2.39. The maximum atomic E-state index is 4.52. The summed E-state index contributed by atoms with van der Waals surface area (Å²) in [6.07, 6.45) is 6.58. The Morgan fingerprint density at radius 1 is 1.33 bits per heavy atom. The lowest BCUT2D eigenvalue weighted by atomic mass is 9.88. The highest BCUT2D eigenvalue weighted by atomic mass is 32.1. The van der Waals surface area contributed by atoms with Gasteiger partial charge in [-0.1, -0.05) is 6.07 Å². The Hall–Kier alpha value is -1.11. The van der Waals surface area contributed by atoms with Crippen LogP contribution in [0.3, 0.4) is 0 Å². The molecule has 2 saturated heterocycles. The highest BCUT2D eigenvalue weighted by Gasteiger charge is 2.39. The predicted octanol–water partition coefficient (Wildman–Crippen LogP) is 2.92. The summed E-state index contributed by atoms with van der Waals surface area (Å²) in [6.45, 7) is 5.72. The van der Waals surface area contributed by atoms with Crippen molar-refractivity contribution in [3.63, 3.8) is 0 Å². The van der Waals surface area contributed by atoms with E-state index in [4.69, 9.17) is 0 Å². The van der Waals surface area contributed by atoms with E-state index in [0.29, 0.717) is 24.0 Å². The van der Waals surface area contributed by atoms with E-state index in [9.17, 15) is 0 Å². The van der Waals surface area contributed by atoms with Gasteiger partial charge in [-0.3, -0.25) is 14.8 Å². The van der Waals surface area contributed by atoms with Gasteiger partial charge in [-0.2, -0.15) is 0 Å². The molecule has 4 atom stereocenters. The fourth-order valence-electron chi connectivity index (χ4n) is 5.07. The van der Waals surface area contributed by atoms with Gasteiger partial charge in [-0.05, 0) is 70.0 Å². The number of hydrogen-bond acceptors (Lipinski definition) is 4. The van der Waals surface area contributed by atoms with Gasteiger partial charge < -0.3 is 10.6 Å². The van der Waals surface area contributed by atoms with Crippen LogP contribution in [0.25, 0.3) is 0 Å². The first-order chi connectivity index (χ1) is 13.2. The van der Waals surface area contributed by atoms with Crippen LogP contribution in [-0.4, -0.2) is 67.6 Å². The van der Waals surface area contributed by atoms with Crippen molar-refractivity contribution in [3.05, 3.63) is 22.4 Å². The highest BCUT2D eigenvalue weighted by molar-refractivity contribution is 7.10. The quantitative estimate of drug-likeness (QED) is 0.600. The molecule has 5 nitrogen and oxygen atoms in total. The number of hydrogen-bond donors (Lipinski definition) is 2. The first-order valence-electron chi connectivity index (χ1n) is 10.6. The molecule has 2 aliphatic heterocycles. The number of rotatable bonds is 5. The molecule has 3 fully saturated rings. The van der Waals surface area contributed by atoms with Gasteiger partial charge in [0.1, 0.15) is 0 Å². The highest BCUT2D eigenvalue weighted by Crippen LogP contribution is 2.37. The third kappa shape index (κ3) is 4.49. The van der Waals surface area contributed by atoms with Crippen molar-refractivity contribution in [1.82, 2.24) is 20.4 Å². The molecule has 0 amide bonds. The molecule has 6 heteroatoms. The van der Waals surface area contributed by atoms with Gasteiger partial charge >= 0.3 is 0 Å². The summed E-state index contributed by atoms with van der Waals surface area (Å²) in [5.41, 5.74) is 0. The van der Waals surface area contributed by atoms with Gasteiger partial charge in [0.05, 0.1) is 0 Å². The Bertz CT molecular complexity index is 627. The van der Waals surface area contributed by atoms with E-state index in [1.165, 1.54) is 43.5 Å². The Kier molecular flexibility index (Phi) is 6.05. The summed E-state index contributed by atoms with van der Waals surface area (Å²) in [6, 6.07) is 7.08. The average molecular weight is 390 g/mol. The molecule has 2 N–H and O–H groups in total. The average Bonchev–Trinajstić information content (AvgIpc) is 3.23. The molecule has 0 aromatic carbocycles. The SMILES string of the molecule is CN=C(NCC1CCCN(C)C1c1cccs1)NC1CC(C)N(C2CC2)C1. The third-order valence-corrected chi connectivity index (χ3v) is 7.52. The molecule has 0 spiro atoms. The van der Waals surface area contributed by atoms with Crippen LogP contribution in [0.4, 0.5) is 0 Å². The molecule has 3 heterocycles. The molecule has 1 aromatic rings. The molecule has 1 aliphatic carbocycles. The number of likely N-dealkylation sites (tertiary alicyclic amines) is 2. The Balaban J connectivity index is 1.32. The molecule has 4 unspecified atom stereocenters. The first-order valence-corrected chi connectivity index (χ1v) is 11.5. The lowest BCUT2D eigenvalue weighted by molar-refractivity contribution is 0.125. The fraction of sp³-hybridized carbons (Fsp3) is 0.762. The van der Waals surface area contributed by atoms with E-state index < -0.39 is 0 Å². The molecule has 27 heavy (non-hydrogen) atoms. The monoisotopic (exact) mass is 389 g/mol. The van der Waals surface area contributed by atoms with E-state index in [1.54, 1.807) is 0 Å². The van der Waals surface area contributed by atoms with E-state index in [-0.39, 0.29) is 0 Å². The van der Waals surface area contributed by atoms with Crippen LogP contribution >= 0.6 is 11.3 Å². The van der Waals surface area contributed by atoms with Crippen LogP contribution < -0.4 is 10.6 Å². The van der Waals surface area contributed by atoms with Crippen molar-refractivity contribution < 1.29 is 0 Å². The lowest BCUT2D eigenvalue weighted by Crippen LogP contribution is -2.48. The largest absolute Gasteiger partial charge is 0.356 e. The standard InChI is InChI=1S/C21H35N5S/c1-15-12-17(14-26(15)18-8-9-18)24-21(22-2)23-13-16-6-4-10-25(3)20(16)19-7-5-11-27-19/h5,7,11,15-18,20H,4,6,8-10,12-14H2,1-3H3,(H2,22,23,24). The minimum atomic E-state index is 0.522. The van der Waals surface area contributed by atoms with Crippen molar-refractivity contribution >= 4 is 17.3 Å². The zero-order valence-electron chi connectivity index (χ0n) is 17.0. The van der Waals surface area contributed by atoms with Gasteiger partial charge in [0.15, 0.2) is 5.96 Å². The predicted molar refractivity (Wildman–Crippen MR) is 115 cm³/mol.